The number of hydrogen-bond donors (Lipinski definition) is 0. The van der Waals surface area contributed by atoms with Crippen molar-refractivity contribution < 1.29 is 18.8 Å². The molecule has 36 heavy (non-hydrogen) atoms. The van der Waals surface area contributed by atoms with E-state index in [0.717, 1.165) is 13.1 Å². The zero-order chi connectivity index (χ0) is 23.8. The van der Waals surface area contributed by atoms with Crippen LogP contribution in [0.1, 0.15) is 11.1 Å². The SMILES string of the molecule is Br.Cn1[c](=[Ag]=[c]2n(C)c3ccccc3n2Cc2ccccc2)n(Cc2ccccc2)c2ccccc21. The van der Waals surface area contributed by atoms with Crippen molar-refractivity contribution in [1.82, 2.24) is 18.3 Å². The Balaban J connectivity index is 0.00000267. The molecule has 0 unspecified atom stereocenters. The molecule has 187 valence electrons. The van der Waals surface area contributed by atoms with Gasteiger partial charge in [-0.2, -0.15) is 0 Å². The van der Waals surface area contributed by atoms with Gasteiger partial charge in [0, 0.05) is 0 Å². The molecule has 2 heterocycles. The number of imidazole rings is 2. The minimum absolute atomic E-state index is 0. The Kier molecular flexibility index (Phi) is 7.26. The summed E-state index contributed by atoms with van der Waals surface area (Å²) in [5, 5.41) is 0. The number of hydrogen-bond acceptors (Lipinski definition) is 0. The van der Waals surface area contributed by atoms with Crippen LogP contribution in [0.4, 0.5) is 0 Å². The Morgan fingerprint density at radius 1 is 0.472 bits per heavy atom. The first-order valence-electron chi connectivity index (χ1n) is 11.8. The molecular formula is C30H29AgBrN4. The fourth-order valence-electron chi connectivity index (χ4n) is 4.74. The van der Waals surface area contributed by atoms with Crippen LogP contribution in [0.3, 0.4) is 0 Å². The van der Waals surface area contributed by atoms with E-state index in [1.54, 1.807) is 0 Å². The molecule has 0 aliphatic carbocycles. The average molecular weight is 633 g/mol. The molecule has 4 nitrogen and oxygen atoms in total. The van der Waals surface area contributed by atoms with E-state index in [2.05, 4.69) is 142 Å². The number of benzene rings is 4. The van der Waals surface area contributed by atoms with Crippen LogP contribution < -0.4 is 0 Å². The summed E-state index contributed by atoms with van der Waals surface area (Å²) in [6.07, 6.45) is 0. The van der Waals surface area contributed by atoms with Crippen molar-refractivity contribution in [1.29, 1.82) is 0 Å². The van der Waals surface area contributed by atoms with Gasteiger partial charge in [-0.1, -0.05) is 0 Å². The quantitative estimate of drug-likeness (QED) is 0.191. The van der Waals surface area contributed by atoms with Crippen LogP contribution in [0.15, 0.2) is 109 Å². The molecule has 0 bridgehead atoms. The Hall–Kier alpha value is -2.96. The number of nitrogens with zero attached hydrogens (tertiary/aromatic N) is 4. The summed E-state index contributed by atoms with van der Waals surface area (Å²) >= 11 is 0.467. The van der Waals surface area contributed by atoms with Crippen LogP contribution in [0, 0.1) is 7.26 Å². The number of aromatic nitrogens is 4. The molecule has 2 aromatic heterocycles. The van der Waals surface area contributed by atoms with Gasteiger partial charge in [0.2, 0.25) is 0 Å². The molecule has 0 radical (unpaired) electrons. The Bertz CT molecular complexity index is 1670. The van der Waals surface area contributed by atoms with E-state index in [9.17, 15) is 0 Å². The summed E-state index contributed by atoms with van der Waals surface area (Å²) in [6, 6.07) is 39.0. The first kappa shape index (κ1) is 24.7. The number of rotatable bonds is 4. The average Bonchev–Trinajstić information content (AvgIpc) is 3.32. The van der Waals surface area contributed by atoms with Crippen molar-refractivity contribution in [3.05, 3.63) is 128 Å². The van der Waals surface area contributed by atoms with Gasteiger partial charge in [-0.05, 0) is 0 Å². The van der Waals surface area contributed by atoms with Gasteiger partial charge in [-0.3, -0.25) is 0 Å². The van der Waals surface area contributed by atoms with E-state index in [4.69, 9.17) is 0 Å². The monoisotopic (exact) mass is 631 g/mol. The zero-order valence-electron chi connectivity index (χ0n) is 20.3. The molecule has 6 aromatic rings. The normalized spacial score (nSPS) is 11.3. The van der Waals surface area contributed by atoms with E-state index in [0.29, 0.717) is 18.8 Å². The third-order valence-corrected chi connectivity index (χ3v) is 8.93. The first-order valence-corrected chi connectivity index (χ1v) is 13.3. The van der Waals surface area contributed by atoms with Gasteiger partial charge in [-0.25, -0.2) is 0 Å². The standard InChI is InChI=1S/2C15H14N2.Ag.BrH/c2*1-16-12-17(11-13-7-3-2-4-8-13)15-10-6-5-9-14(15)16;;/h2*2-10H,11H2,1H3;;1H. The fourth-order valence-corrected chi connectivity index (χ4v) is 6.88. The summed E-state index contributed by atoms with van der Waals surface area (Å²) in [4.78, 5) is 0. The second-order valence-corrected chi connectivity index (χ2v) is 10.5. The molecule has 0 fully saturated rings. The summed E-state index contributed by atoms with van der Waals surface area (Å²) < 4.78 is 12.4. The molecule has 6 rings (SSSR count). The molecule has 0 spiro atoms. The van der Waals surface area contributed by atoms with E-state index in [-0.39, 0.29) is 17.0 Å². The van der Waals surface area contributed by atoms with Crippen molar-refractivity contribution in [3.63, 3.8) is 0 Å². The summed E-state index contributed by atoms with van der Waals surface area (Å²) in [6.45, 7) is 1.71. The van der Waals surface area contributed by atoms with Gasteiger partial charge in [-0.15, -0.1) is 17.0 Å². The van der Waals surface area contributed by atoms with Crippen molar-refractivity contribution in [3.8, 4) is 0 Å². The zero-order valence-corrected chi connectivity index (χ0v) is 23.5. The van der Waals surface area contributed by atoms with E-state index < -0.39 is 0 Å². The van der Waals surface area contributed by atoms with Crippen molar-refractivity contribution >= 4 is 39.0 Å². The number of fused-ring (bicyclic) bond motifs is 2. The summed E-state index contributed by atoms with van der Waals surface area (Å²) in [7, 11) is 4.41. The molecule has 0 saturated carbocycles. The molecule has 0 atom stereocenters. The summed E-state index contributed by atoms with van der Waals surface area (Å²) in [5.41, 5.74) is 7.70. The molecule has 0 aliphatic rings. The second kappa shape index (κ2) is 10.6. The van der Waals surface area contributed by atoms with E-state index in [1.807, 2.05) is 0 Å². The molecule has 0 N–H and O–H groups in total. The van der Waals surface area contributed by atoms with Gasteiger partial charge in [0.15, 0.2) is 0 Å². The topological polar surface area (TPSA) is 19.7 Å². The minimum atomic E-state index is 0. The maximum absolute atomic E-state index is 2.49. The van der Waals surface area contributed by atoms with E-state index >= 15 is 0 Å². The van der Waals surface area contributed by atoms with Crippen LogP contribution in [0.2, 0.25) is 0 Å². The van der Waals surface area contributed by atoms with Crippen molar-refractivity contribution in [2.24, 2.45) is 14.1 Å². The predicted octanol–water partition coefficient (Wildman–Crippen LogP) is 6.79. The predicted molar refractivity (Wildman–Crippen MR) is 150 cm³/mol. The van der Waals surface area contributed by atoms with Crippen LogP contribution in [-0.2, 0) is 46.0 Å². The molecular weight excluding hydrogens is 604 g/mol. The van der Waals surface area contributed by atoms with Crippen LogP contribution in [-0.4, -0.2) is 18.3 Å². The maximum atomic E-state index is 2.49. The van der Waals surface area contributed by atoms with Gasteiger partial charge in [0.1, 0.15) is 0 Å². The van der Waals surface area contributed by atoms with Crippen LogP contribution >= 0.6 is 17.0 Å². The summed E-state index contributed by atoms with van der Waals surface area (Å²) in [5.74, 6) is 0. The fraction of sp³-hybridized carbons (Fsp3) is 0.133. The van der Waals surface area contributed by atoms with Gasteiger partial charge < -0.3 is 0 Å². The Morgan fingerprint density at radius 2 is 0.806 bits per heavy atom. The molecule has 0 amide bonds. The number of halogens is 1. The Morgan fingerprint density at radius 3 is 1.19 bits per heavy atom. The van der Waals surface area contributed by atoms with Crippen molar-refractivity contribution in [2.75, 3.05) is 0 Å². The van der Waals surface area contributed by atoms with Gasteiger partial charge >= 0.3 is 214 Å². The molecule has 4 aromatic carbocycles. The second-order valence-electron chi connectivity index (χ2n) is 8.78. The van der Waals surface area contributed by atoms with E-state index in [1.165, 1.54) is 40.5 Å². The van der Waals surface area contributed by atoms with Gasteiger partial charge in [0.25, 0.3) is 0 Å². The van der Waals surface area contributed by atoms with Crippen LogP contribution in [0.5, 0.6) is 0 Å². The number of aryl methyl sites for hydroxylation is 2. The third kappa shape index (κ3) is 4.48. The molecule has 0 aliphatic heterocycles. The van der Waals surface area contributed by atoms with Gasteiger partial charge in [0.05, 0.1) is 0 Å². The third-order valence-electron chi connectivity index (χ3n) is 6.48. The first-order chi connectivity index (χ1) is 17.2. The molecule has 0 saturated heterocycles. The van der Waals surface area contributed by atoms with Crippen molar-refractivity contribution in [2.45, 2.75) is 13.1 Å². The number of para-hydroxylation sites is 4. The van der Waals surface area contributed by atoms with Crippen LogP contribution in [0.25, 0.3) is 22.1 Å². The Labute approximate surface area is 229 Å². The molecule has 6 heteroatoms.